The van der Waals surface area contributed by atoms with E-state index in [2.05, 4.69) is 21.4 Å². The molecule has 0 aliphatic carbocycles. The molecule has 2 aromatic heterocycles. The van der Waals surface area contributed by atoms with E-state index in [-0.39, 0.29) is 12.6 Å². The minimum absolute atomic E-state index is 0.256. The molecule has 5 rings (SSSR count). The van der Waals surface area contributed by atoms with Crippen LogP contribution in [-0.4, -0.2) is 44.6 Å². The lowest BCUT2D eigenvalue weighted by Crippen LogP contribution is -2.28. The maximum atomic E-state index is 9.27. The highest BCUT2D eigenvalue weighted by atomic mass is 16.5. The number of fused-ring (bicyclic) bond motifs is 1. The largest absolute Gasteiger partial charge is 0.494 e. The summed E-state index contributed by atoms with van der Waals surface area (Å²) in [6.45, 7) is 3.30. The van der Waals surface area contributed by atoms with Crippen molar-refractivity contribution in [2.45, 2.75) is 19.6 Å². The molecule has 1 atom stereocenters. The Hall–Kier alpha value is -4.42. The third-order valence-electron chi connectivity index (χ3n) is 5.77. The van der Waals surface area contributed by atoms with Crippen LogP contribution >= 0.6 is 0 Å². The van der Waals surface area contributed by atoms with Gasteiger partial charge in [-0.15, -0.1) is 0 Å². The van der Waals surface area contributed by atoms with Crippen LogP contribution in [0, 0.1) is 18.3 Å². The van der Waals surface area contributed by atoms with E-state index >= 15 is 0 Å². The molecule has 0 unspecified atom stereocenters. The highest BCUT2D eigenvalue weighted by Gasteiger charge is 2.26. The van der Waals surface area contributed by atoms with Gasteiger partial charge in [0.05, 0.1) is 43.6 Å². The first-order valence-corrected chi connectivity index (χ1v) is 11.3. The maximum Gasteiger partial charge on any atom is 0.239 e. The van der Waals surface area contributed by atoms with Crippen LogP contribution < -0.4 is 14.8 Å². The summed E-state index contributed by atoms with van der Waals surface area (Å²) in [7, 11) is 1.64. The van der Waals surface area contributed by atoms with Gasteiger partial charge < -0.3 is 19.4 Å². The van der Waals surface area contributed by atoms with Gasteiger partial charge in [0.25, 0.3) is 0 Å². The molecular formula is C26H25N7O2. The lowest BCUT2D eigenvalue weighted by Gasteiger charge is -2.21. The van der Waals surface area contributed by atoms with Crippen molar-refractivity contribution in [3.05, 3.63) is 84.2 Å². The van der Waals surface area contributed by atoms with E-state index in [1.165, 1.54) is 0 Å². The first kappa shape index (κ1) is 22.4. The number of aromatic nitrogens is 4. The molecule has 35 heavy (non-hydrogen) atoms. The number of imidazole rings is 1. The molecule has 2 aromatic carbocycles. The van der Waals surface area contributed by atoms with Crippen LogP contribution in [0.4, 0.5) is 11.5 Å². The molecule has 176 valence electrons. The molecule has 9 heteroatoms. The number of rotatable bonds is 6. The summed E-state index contributed by atoms with van der Waals surface area (Å²) in [5, 5.41) is 12.6. The molecule has 1 aliphatic heterocycles. The number of anilines is 2. The Morgan fingerprint density at radius 1 is 1.20 bits per heavy atom. The molecule has 4 aromatic rings. The second kappa shape index (κ2) is 9.83. The number of methoxy groups -OCH3 is 1. The predicted molar refractivity (Wildman–Crippen MR) is 131 cm³/mol. The summed E-state index contributed by atoms with van der Waals surface area (Å²) >= 11 is 0. The molecule has 1 N–H and O–H groups in total. The highest BCUT2D eigenvalue weighted by molar-refractivity contribution is 5.63. The number of nitrogens with zero attached hydrogens (tertiary/aromatic N) is 6. The second-order valence-corrected chi connectivity index (χ2v) is 8.29. The Bertz CT molecular complexity index is 1360. The van der Waals surface area contributed by atoms with Crippen molar-refractivity contribution in [1.29, 1.82) is 5.26 Å². The minimum atomic E-state index is -0.256. The van der Waals surface area contributed by atoms with Crippen molar-refractivity contribution in [1.82, 2.24) is 24.4 Å². The van der Waals surface area contributed by atoms with Crippen molar-refractivity contribution in [3.63, 3.8) is 0 Å². The molecule has 0 amide bonds. The molecule has 0 saturated carbocycles. The van der Waals surface area contributed by atoms with Crippen molar-refractivity contribution in [2.24, 2.45) is 0 Å². The van der Waals surface area contributed by atoms with Crippen LogP contribution in [0.25, 0.3) is 5.69 Å². The van der Waals surface area contributed by atoms with Crippen molar-refractivity contribution >= 4 is 11.5 Å². The van der Waals surface area contributed by atoms with Crippen LogP contribution in [0.1, 0.15) is 23.1 Å². The predicted octanol–water partition coefficient (Wildman–Crippen LogP) is 4.18. The van der Waals surface area contributed by atoms with Crippen LogP contribution in [0.15, 0.2) is 67.3 Å². The average Bonchev–Trinajstić information content (AvgIpc) is 3.22. The van der Waals surface area contributed by atoms with E-state index < -0.39 is 0 Å². The van der Waals surface area contributed by atoms with Crippen LogP contribution in [0.3, 0.4) is 0 Å². The zero-order chi connectivity index (χ0) is 24.2. The molecule has 0 spiro atoms. The first-order chi connectivity index (χ1) is 17.1. The van der Waals surface area contributed by atoms with Crippen molar-refractivity contribution in [3.8, 4) is 23.4 Å². The van der Waals surface area contributed by atoms with Gasteiger partial charge in [-0.05, 0) is 24.6 Å². The van der Waals surface area contributed by atoms with Crippen LogP contribution in [0.2, 0.25) is 0 Å². The number of aryl methyl sites for hydroxylation is 1. The van der Waals surface area contributed by atoms with Crippen LogP contribution in [0.5, 0.6) is 11.6 Å². The quantitative estimate of drug-likeness (QED) is 0.422. The fraction of sp³-hybridized carbons (Fsp3) is 0.231. The van der Waals surface area contributed by atoms with Crippen molar-refractivity contribution < 1.29 is 9.47 Å². The SMILES string of the molecule is COc1cc(Nc2cnc3c(n2)O[C@H](c2ccccc2)CN(CC#N)C3)ccc1-n1cnc(C)c1. The minimum Gasteiger partial charge on any atom is -0.494 e. The molecule has 0 bridgehead atoms. The van der Waals surface area contributed by atoms with Crippen molar-refractivity contribution in [2.75, 3.05) is 25.5 Å². The standard InChI is InChI=1S/C26H25N7O2/c1-18-14-33(17-29-18)22-9-8-20(12-23(22)34-2)30-25-13-28-21-15-32(11-10-27)16-24(35-26(21)31-25)19-6-4-3-5-7-19/h3-9,12-14,17,24H,11,15-16H2,1-2H3,(H,30,31)/t24-/m0/s1. The monoisotopic (exact) mass is 467 g/mol. The summed E-state index contributed by atoms with van der Waals surface area (Å²) in [6.07, 6.45) is 5.12. The number of ether oxygens (including phenoxy) is 2. The smallest absolute Gasteiger partial charge is 0.239 e. The topological polar surface area (TPSA) is 101 Å². The molecule has 0 radical (unpaired) electrons. The van der Waals surface area contributed by atoms with Crippen LogP contribution in [-0.2, 0) is 6.54 Å². The maximum absolute atomic E-state index is 9.27. The van der Waals surface area contributed by atoms with Gasteiger partial charge in [-0.3, -0.25) is 9.88 Å². The molecule has 0 fully saturated rings. The number of benzene rings is 2. The third-order valence-corrected chi connectivity index (χ3v) is 5.77. The zero-order valence-corrected chi connectivity index (χ0v) is 19.5. The molecule has 0 saturated heterocycles. The highest BCUT2D eigenvalue weighted by Crippen LogP contribution is 2.32. The molecule has 9 nitrogen and oxygen atoms in total. The van der Waals surface area contributed by atoms with Gasteiger partial charge in [-0.2, -0.15) is 10.2 Å². The first-order valence-electron chi connectivity index (χ1n) is 11.3. The van der Waals surface area contributed by atoms with Gasteiger partial charge in [-0.25, -0.2) is 4.98 Å². The summed E-state index contributed by atoms with van der Waals surface area (Å²) in [5.74, 6) is 1.71. The van der Waals surface area contributed by atoms with E-state index in [9.17, 15) is 5.26 Å². The zero-order valence-electron chi connectivity index (χ0n) is 19.5. The normalized spacial score (nSPS) is 15.4. The third kappa shape index (κ3) is 4.93. The molecular weight excluding hydrogens is 442 g/mol. The van der Waals surface area contributed by atoms with Gasteiger partial charge in [-0.1, -0.05) is 30.3 Å². The Morgan fingerprint density at radius 3 is 2.80 bits per heavy atom. The van der Waals surface area contributed by atoms with Gasteiger partial charge in [0.1, 0.15) is 17.5 Å². The van der Waals surface area contributed by atoms with E-state index in [0.717, 1.165) is 22.6 Å². The summed E-state index contributed by atoms with van der Waals surface area (Å²) in [6, 6.07) is 18.0. The Balaban J connectivity index is 1.42. The van der Waals surface area contributed by atoms with Gasteiger partial charge >= 0.3 is 0 Å². The van der Waals surface area contributed by atoms with Gasteiger partial charge in [0, 0.05) is 31.0 Å². The number of hydrogen-bond acceptors (Lipinski definition) is 8. The van der Waals surface area contributed by atoms with Gasteiger partial charge in [0.15, 0.2) is 5.82 Å². The van der Waals surface area contributed by atoms with E-state index in [1.54, 1.807) is 19.6 Å². The van der Waals surface area contributed by atoms with Gasteiger partial charge in [0.2, 0.25) is 5.88 Å². The Morgan fingerprint density at radius 2 is 2.06 bits per heavy atom. The second-order valence-electron chi connectivity index (χ2n) is 8.29. The van der Waals surface area contributed by atoms with E-state index in [1.807, 2.05) is 71.1 Å². The lowest BCUT2D eigenvalue weighted by molar-refractivity contribution is 0.153. The van der Waals surface area contributed by atoms with E-state index in [4.69, 9.17) is 14.5 Å². The fourth-order valence-corrected chi connectivity index (χ4v) is 4.07. The Kier molecular flexibility index (Phi) is 6.28. The molecule has 1 aliphatic rings. The average molecular weight is 468 g/mol. The molecule has 3 heterocycles. The summed E-state index contributed by atoms with van der Waals surface area (Å²) in [5.41, 5.74) is 4.34. The number of nitriles is 1. The summed E-state index contributed by atoms with van der Waals surface area (Å²) in [4.78, 5) is 15.6. The lowest BCUT2D eigenvalue weighted by atomic mass is 10.1. The Labute approximate surface area is 203 Å². The summed E-state index contributed by atoms with van der Waals surface area (Å²) < 4.78 is 13.9. The fourth-order valence-electron chi connectivity index (χ4n) is 4.07. The van der Waals surface area contributed by atoms with E-state index in [0.29, 0.717) is 36.2 Å². The number of nitrogens with one attached hydrogen (secondary N) is 1. The number of hydrogen-bond donors (Lipinski definition) is 1.